The summed E-state index contributed by atoms with van der Waals surface area (Å²) in [5.74, 6) is -0.791. The van der Waals surface area contributed by atoms with Gasteiger partial charge in [0.2, 0.25) is 5.91 Å². The highest BCUT2D eigenvalue weighted by atomic mass is 16.2. The lowest BCUT2D eigenvalue weighted by atomic mass is 10.1. The molecular formula is C21H24N6O2. The monoisotopic (exact) mass is 392 g/mol. The number of amides is 2. The number of carbonyl (C=O) groups is 2. The van der Waals surface area contributed by atoms with Crippen LogP contribution in [-0.2, 0) is 6.54 Å². The normalized spacial score (nSPS) is 14.2. The van der Waals surface area contributed by atoms with Crippen LogP contribution in [0.2, 0.25) is 0 Å². The zero-order valence-electron chi connectivity index (χ0n) is 16.4. The molecule has 0 bridgehead atoms. The van der Waals surface area contributed by atoms with Gasteiger partial charge in [-0.05, 0) is 62.6 Å². The Morgan fingerprint density at radius 1 is 1.07 bits per heavy atom. The smallest absolute Gasteiger partial charge is 0.255 e. The van der Waals surface area contributed by atoms with Gasteiger partial charge in [-0.3, -0.25) is 9.59 Å². The molecule has 1 fully saturated rings. The lowest BCUT2D eigenvalue weighted by molar-refractivity contribution is 0.0996. The number of fused-ring (bicyclic) bond motifs is 1. The van der Waals surface area contributed by atoms with Crippen molar-refractivity contribution in [2.24, 2.45) is 5.73 Å². The van der Waals surface area contributed by atoms with E-state index in [1.54, 1.807) is 28.9 Å². The zero-order valence-corrected chi connectivity index (χ0v) is 16.4. The minimum absolute atomic E-state index is 0.266. The van der Waals surface area contributed by atoms with Crippen molar-refractivity contribution in [2.45, 2.75) is 32.7 Å². The Balaban J connectivity index is 1.65. The first-order valence-corrected chi connectivity index (χ1v) is 9.90. The number of hydrogen-bond acceptors (Lipinski definition) is 5. The van der Waals surface area contributed by atoms with E-state index in [1.807, 2.05) is 19.1 Å². The Bertz CT molecular complexity index is 1070. The summed E-state index contributed by atoms with van der Waals surface area (Å²) in [6.07, 6.45) is 3.42. The topological polar surface area (TPSA) is 106 Å². The number of rotatable bonds is 5. The van der Waals surface area contributed by atoms with Gasteiger partial charge >= 0.3 is 0 Å². The van der Waals surface area contributed by atoms with Crippen LogP contribution >= 0.6 is 0 Å². The predicted molar refractivity (Wildman–Crippen MR) is 112 cm³/mol. The van der Waals surface area contributed by atoms with Gasteiger partial charge in [-0.1, -0.05) is 5.21 Å². The van der Waals surface area contributed by atoms with E-state index in [9.17, 15) is 9.59 Å². The summed E-state index contributed by atoms with van der Waals surface area (Å²) in [7, 11) is 0. The van der Waals surface area contributed by atoms with E-state index < -0.39 is 5.91 Å². The van der Waals surface area contributed by atoms with Gasteiger partial charge in [0.1, 0.15) is 5.52 Å². The average molecular weight is 392 g/mol. The van der Waals surface area contributed by atoms with Gasteiger partial charge in [-0.25, -0.2) is 4.68 Å². The molecule has 29 heavy (non-hydrogen) atoms. The van der Waals surface area contributed by atoms with Crippen LogP contribution in [0.5, 0.6) is 0 Å². The van der Waals surface area contributed by atoms with Crippen LogP contribution in [0.1, 0.15) is 46.9 Å². The number of anilines is 2. The lowest BCUT2D eigenvalue weighted by Crippen LogP contribution is -2.30. The SMILES string of the molecule is CCn1nnc2cc(C(=O)Nc3cc(C(N)=O)ccc3N3CCCCC3)ccc21. The van der Waals surface area contributed by atoms with Crippen molar-refractivity contribution in [3.63, 3.8) is 0 Å². The summed E-state index contributed by atoms with van der Waals surface area (Å²) < 4.78 is 1.78. The largest absolute Gasteiger partial charge is 0.370 e. The van der Waals surface area contributed by atoms with Crippen LogP contribution in [0.3, 0.4) is 0 Å². The third kappa shape index (κ3) is 3.78. The minimum Gasteiger partial charge on any atom is -0.370 e. The molecule has 0 atom stereocenters. The maximum Gasteiger partial charge on any atom is 0.255 e. The van der Waals surface area contributed by atoms with Gasteiger partial charge in [0.05, 0.1) is 16.9 Å². The lowest BCUT2D eigenvalue weighted by Gasteiger charge is -2.30. The highest BCUT2D eigenvalue weighted by Crippen LogP contribution is 2.30. The maximum absolute atomic E-state index is 12.9. The summed E-state index contributed by atoms with van der Waals surface area (Å²) in [5.41, 5.74) is 9.34. The van der Waals surface area contributed by atoms with Crippen LogP contribution in [0.4, 0.5) is 11.4 Å². The molecule has 8 nitrogen and oxygen atoms in total. The fourth-order valence-corrected chi connectivity index (χ4v) is 3.74. The highest BCUT2D eigenvalue weighted by molar-refractivity contribution is 6.08. The molecule has 1 aliphatic heterocycles. The van der Waals surface area contributed by atoms with Crippen molar-refractivity contribution in [1.82, 2.24) is 15.0 Å². The summed E-state index contributed by atoms with van der Waals surface area (Å²) in [4.78, 5) is 26.8. The standard InChI is InChI=1S/C21H24N6O2/c1-2-27-19-9-7-15(13-17(19)24-25-27)21(29)23-16-12-14(20(22)28)6-8-18(16)26-10-4-3-5-11-26/h6-9,12-13H,2-5,10-11H2,1H3,(H2,22,28)(H,23,29). The van der Waals surface area contributed by atoms with Gasteiger partial charge in [0, 0.05) is 30.8 Å². The quantitative estimate of drug-likeness (QED) is 0.694. The van der Waals surface area contributed by atoms with Crippen LogP contribution in [0, 0.1) is 0 Å². The van der Waals surface area contributed by atoms with E-state index in [2.05, 4.69) is 20.5 Å². The molecule has 2 amide bonds. The van der Waals surface area contributed by atoms with Gasteiger partial charge in [0.15, 0.2) is 0 Å². The van der Waals surface area contributed by atoms with E-state index in [-0.39, 0.29) is 5.91 Å². The molecule has 150 valence electrons. The van der Waals surface area contributed by atoms with Gasteiger partial charge in [0.25, 0.3) is 5.91 Å². The number of nitrogens with two attached hydrogens (primary N) is 1. The molecule has 0 unspecified atom stereocenters. The molecule has 0 saturated carbocycles. The fourth-order valence-electron chi connectivity index (χ4n) is 3.74. The summed E-state index contributed by atoms with van der Waals surface area (Å²) >= 11 is 0. The van der Waals surface area contributed by atoms with Crippen molar-refractivity contribution in [1.29, 1.82) is 0 Å². The second-order valence-corrected chi connectivity index (χ2v) is 7.21. The number of nitrogens with one attached hydrogen (secondary N) is 1. The van der Waals surface area contributed by atoms with Crippen molar-refractivity contribution in [3.05, 3.63) is 47.5 Å². The van der Waals surface area contributed by atoms with E-state index in [0.29, 0.717) is 28.9 Å². The van der Waals surface area contributed by atoms with E-state index >= 15 is 0 Å². The van der Waals surface area contributed by atoms with E-state index in [4.69, 9.17) is 5.73 Å². The Morgan fingerprint density at radius 3 is 2.55 bits per heavy atom. The first-order chi connectivity index (χ1) is 14.1. The minimum atomic E-state index is -0.525. The molecular weight excluding hydrogens is 368 g/mol. The molecule has 3 aromatic rings. The molecule has 1 saturated heterocycles. The Kier molecular flexibility index (Phi) is 5.16. The molecule has 1 aromatic heterocycles. The number of aromatic nitrogens is 3. The second kappa shape index (κ2) is 7.90. The molecule has 3 N–H and O–H groups in total. The molecule has 0 radical (unpaired) electrons. The van der Waals surface area contributed by atoms with Gasteiger partial charge in [-0.2, -0.15) is 0 Å². The maximum atomic E-state index is 12.9. The zero-order chi connectivity index (χ0) is 20.4. The third-order valence-corrected chi connectivity index (χ3v) is 5.30. The van der Waals surface area contributed by atoms with Crippen LogP contribution in [0.15, 0.2) is 36.4 Å². The molecule has 4 rings (SSSR count). The van der Waals surface area contributed by atoms with Gasteiger partial charge < -0.3 is 16.0 Å². The third-order valence-electron chi connectivity index (χ3n) is 5.30. The number of nitrogens with zero attached hydrogens (tertiary/aromatic N) is 4. The number of benzene rings is 2. The summed E-state index contributed by atoms with van der Waals surface area (Å²) in [6.45, 7) is 4.54. The summed E-state index contributed by atoms with van der Waals surface area (Å²) in [5, 5.41) is 11.2. The number of hydrogen-bond donors (Lipinski definition) is 2. The number of primary amides is 1. The van der Waals surface area contributed by atoms with Crippen molar-refractivity contribution < 1.29 is 9.59 Å². The van der Waals surface area contributed by atoms with Gasteiger partial charge in [-0.15, -0.1) is 5.10 Å². The first kappa shape index (κ1) is 18.9. The highest BCUT2D eigenvalue weighted by Gasteiger charge is 2.18. The second-order valence-electron chi connectivity index (χ2n) is 7.21. The number of carbonyl (C=O) groups excluding carboxylic acids is 2. The van der Waals surface area contributed by atoms with E-state index in [0.717, 1.165) is 37.1 Å². The van der Waals surface area contributed by atoms with Crippen LogP contribution < -0.4 is 16.0 Å². The number of piperidine rings is 1. The Morgan fingerprint density at radius 2 is 1.83 bits per heavy atom. The molecule has 0 aliphatic carbocycles. The van der Waals surface area contributed by atoms with Crippen molar-refractivity contribution >= 4 is 34.2 Å². The molecule has 2 aromatic carbocycles. The van der Waals surface area contributed by atoms with Crippen molar-refractivity contribution in [3.8, 4) is 0 Å². The molecule has 1 aliphatic rings. The van der Waals surface area contributed by atoms with Crippen LogP contribution in [0.25, 0.3) is 11.0 Å². The average Bonchev–Trinajstić information content (AvgIpc) is 3.16. The summed E-state index contributed by atoms with van der Waals surface area (Å²) in [6, 6.07) is 10.5. The Hall–Kier alpha value is -3.42. The molecule has 0 spiro atoms. The number of aryl methyl sites for hydroxylation is 1. The molecule has 8 heteroatoms. The van der Waals surface area contributed by atoms with Crippen LogP contribution in [-0.4, -0.2) is 39.9 Å². The molecule has 2 heterocycles. The fraction of sp³-hybridized carbons (Fsp3) is 0.333. The first-order valence-electron chi connectivity index (χ1n) is 9.90. The van der Waals surface area contributed by atoms with E-state index in [1.165, 1.54) is 6.42 Å². The Labute approximate surface area is 168 Å². The van der Waals surface area contributed by atoms with Crippen molar-refractivity contribution in [2.75, 3.05) is 23.3 Å². The predicted octanol–water partition coefficient (Wildman–Crippen LogP) is 2.79.